The Balaban J connectivity index is 2.73. The van der Waals surface area contributed by atoms with Crippen LogP contribution in [0.1, 0.15) is 33.6 Å². The van der Waals surface area contributed by atoms with Crippen LogP contribution in [-0.4, -0.2) is 10.5 Å². The van der Waals surface area contributed by atoms with Gasteiger partial charge in [0.2, 0.25) is 0 Å². The summed E-state index contributed by atoms with van der Waals surface area (Å²) in [5.74, 6) is 0. The van der Waals surface area contributed by atoms with Gasteiger partial charge in [-0.3, -0.25) is 4.98 Å². The molecular weight excluding hydrogens is 174 g/mol. The molecule has 0 aliphatic carbocycles. The summed E-state index contributed by atoms with van der Waals surface area (Å²) >= 11 is 0. The first kappa shape index (κ1) is 10.8. The van der Waals surface area contributed by atoms with Crippen molar-refractivity contribution in [3.63, 3.8) is 0 Å². The van der Waals surface area contributed by atoms with E-state index in [1.807, 2.05) is 6.07 Å². The second-order valence-electron chi connectivity index (χ2n) is 4.22. The highest BCUT2D eigenvalue weighted by atomic mass is 15.0. The van der Waals surface area contributed by atoms with Crippen molar-refractivity contribution in [1.82, 2.24) is 4.98 Å². The predicted octanol–water partition coefficient (Wildman–Crippen LogP) is 2.65. The van der Waals surface area contributed by atoms with E-state index in [0.717, 1.165) is 18.5 Å². The average molecular weight is 193 g/mol. The van der Waals surface area contributed by atoms with Gasteiger partial charge in [0.15, 0.2) is 0 Å². The van der Waals surface area contributed by atoms with Crippen molar-refractivity contribution in [2.75, 3.05) is 11.1 Å². The van der Waals surface area contributed by atoms with Crippen LogP contribution in [0.2, 0.25) is 0 Å². The Morgan fingerprint density at radius 3 is 2.79 bits per heavy atom. The van der Waals surface area contributed by atoms with Crippen LogP contribution in [0.4, 0.5) is 11.4 Å². The van der Waals surface area contributed by atoms with Gasteiger partial charge in [-0.05, 0) is 26.3 Å². The van der Waals surface area contributed by atoms with Crippen LogP contribution in [0.15, 0.2) is 18.5 Å². The van der Waals surface area contributed by atoms with Crippen molar-refractivity contribution in [3.8, 4) is 0 Å². The van der Waals surface area contributed by atoms with Crippen molar-refractivity contribution in [2.45, 2.75) is 39.2 Å². The number of hydrogen-bond donors (Lipinski definition) is 2. The molecule has 0 saturated carbocycles. The maximum Gasteiger partial charge on any atom is 0.0736 e. The van der Waals surface area contributed by atoms with Crippen LogP contribution >= 0.6 is 0 Å². The number of nitrogen functional groups attached to an aromatic ring is 1. The van der Waals surface area contributed by atoms with Crippen LogP contribution in [0.3, 0.4) is 0 Å². The smallest absolute Gasteiger partial charge is 0.0736 e. The van der Waals surface area contributed by atoms with Gasteiger partial charge in [-0.1, -0.05) is 13.3 Å². The summed E-state index contributed by atoms with van der Waals surface area (Å²) in [5, 5.41) is 3.42. The topological polar surface area (TPSA) is 50.9 Å². The molecule has 1 aromatic rings. The maximum absolute atomic E-state index is 5.80. The Morgan fingerprint density at radius 1 is 1.50 bits per heavy atom. The Labute approximate surface area is 85.7 Å². The monoisotopic (exact) mass is 193 g/mol. The molecule has 0 radical (unpaired) electrons. The van der Waals surface area contributed by atoms with Crippen molar-refractivity contribution in [1.29, 1.82) is 0 Å². The Morgan fingerprint density at radius 2 is 2.21 bits per heavy atom. The SMILES string of the molecule is CCCC(C)(C)Nc1ccncc1N. The van der Waals surface area contributed by atoms with Gasteiger partial charge >= 0.3 is 0 Å². The molecule has 0 bridgehead atoms. The molecule has 0 amide bonds. The van der Waals surface area contributed by atoms with Crippen LogP contribution in [0.5, 0.6) is 0 Å². The molecule has 0 aliphatic rings. The minimum absolute atomic E-state index is 0.0875. The van der Waals surface area contributed by atoms with Crippen molar-refractivity contribution in [3.05, 3.63) is 18.5 Å². The Kier molecular flexibility index (Phi) is 3.33. The number of nitrogens with one attached hydrogen (secondary N) is 1. The number of rotatable bonds is 4. The zero-order valence-corrected chi connectivity index (χ0v) is 9.17. The van der Waals surface area contributed by atoms with Gasteiger partial charge in [0.1, 0.15) is 0 Å². The lowest BCUT2D eigenvalue weighted by molar-refractivity contribution is 0.511. The fourth-order valence-corrected chi connectivity index (χ4v) is 1.57. The molecular formula is C11H19N3. The molecule has 1 rings (SSSR count). The van der Waals surface area contributed by atoms with Crippen LogP contribution in [0.25, 0.3) is 0 Å². The fraction of sp³-hybridized carbons (Fsp3) is 0.545. The summed E-state index contributed by atoms with van der Waals surface area (Å²) in [5.41, 5.74) is 7.56. The predicted molar refractivity (Wildman–Crippen MR) is 61.3 cm³/mol. The van der Waals surface area contributed by atoms with Gasteiger partial charge in [0.05, 0.1) is 17.6 Å². The summed E-state index contributed by atoms with van der Waals surface area (Å²) in [6.07, 6.45) is 5.70. The lowest BCUT2D eigenvalue weighted by atomic mass is 9.98. The van der Waals surface area contributed by atoms with Gasteiger partial charge in [0, 0.05) is 11.7 Å². The van der Waals surface area contributed by atoms with E-state index in [-0.39, 0.29) is 5.54 Å². The van der Waals surface area contributed by atoms with E-state index in [9.17, 15) is 0 Å². The zero-order chi connectivity index (χ0) is 10.6. The fourth-order valence-electron chi connectivity index (χ4n) is 1.57. The van der Waals surface area contributed by atoms with E-state index < -0.39 is 0 Å². The zero-order valence-electron chi connectivity index (χ0n) is 9.17. The largest absolute Gasteiger partial charge is 0.396 e. The summed E-state index contributed by atoms with van der Waals surface area (Å²) in [6, 6.07) is 1.91. The summed E-state index contributed by atoms with van der Waals surface area (Å²) in [4.78, 5) is 3.96. The van der Waals surface area contributed by atoms with Gasteiger partial charge in [-0.15, -0.1) is 0 Å². The highest BCUT2D eigenvalue weighted by Crippen LogP contribution is 2.23. The molecule has 0 spiro atoms. The number of anilines is 2. The number of aromatic nitrogens is 1. The number of hydrogen-bond acceptors (Lipinski definition) is 3. The summed E-state index contributed by atoms with van der Waals surface area (Å²) < 4.78 is 0. The van der Waals surface area contributed by atoms with Crippen molar-refractivity contribution < 1.29 is 0 Å². The van der Waals surface area contributed by atoms with E-state index >= 15 is 0 Å². The van der Waals surface area contributed by atoms with E-state index in [1.54, 1.807) is 12.4 Å². The van der Waals surface area contributed by atoms with Crippen molar-refractivity contribution in [2.24, 2.45) is 0 Å². The first-order valence-electron chi connectivity index (χ1n) is 5.03. The molecule has 0 atom stereocenters. The first-order valence-corrected chi connectivity index (χ1v) is 5.03. The van der Waals surface area contributed by atoms with E-state index in [1.165, 1.54) is 0 Å². The van der Waals surface area contributed by atoms with Crippen molar-refractivity contribution >= 4 is 11.4 Å². The molecule has 0 saturated heterocycles. The van der Waals surface area contributed by atoms with Crippen LogP contribution in [-0.2, 0) is 0 Å². The van der Waals surface area contributed by atoms with Gasteiger partial charge in [0.25, 0.3) is 0 Å². The number of nitrogens with two attached hydrogens (primary N) is 1. The van der Waals surface area contributed by atoms with Gasteiger partial charge < -0.3 is 11.1 Å². The van der Waals surface area contributed by atoms with Gasteiger partial charge in [-0.25, -0.2) is 0 Å². The molecule has 0 fully saturated rings. The summed E-state index contributed by atoms with van der Waals surface area (Å²) in [7, 11) is 0. The number of pyridine rings is 1. The molecule has 3 heteroatoms. The molecule has 0 aliphatic heterocycles. The third-order valence-electron chi connectivity index (χ3n) is 2.20. The Bertz CT molecular complexity index is 294. The second-order valence-corrected chi connectivity index (χ2v) is 4.22. The second kappa shape index (κ2) is 4.31. The molecule has 14 heavy (non-hydrogen) atoms. The lowest BCUT2D eigenvalue weighted by Gasteiger charge is -2.27. The summed E-state index contributed by atoms with van der Waals surface area (Å²) in [6.45, 7) is 6.53. The van der Waals surface area contributed by atoms with E-state index in [0.29, 0.717) is 5.69 Å². The molecule has 1 aromatic heterocycles. The van der Waals surface area contributed by atoms with Crippen LogP contribution in [0, 0.1) is 0 Å². The minimum Gasteiger partial charge on any atom is -0.396 e. The first-order chi connectivity index (χ1) is 6.55. The highest BCUT2D eigenvalue weighted by Gasteiger charge is 2.16. The average Bonchev–Trinajstić information content (AvgIpc) is 2.08. The van der Waals surface area contributed by atoms with E-state index in [2.05, 4.69) is 31.1 Å². The number of nitrogens with zero attached hydrogens (tertiary/aromatic N) is 1. The normalized spacial score (nSPS) is 11.4. The maximum atomic E-state index is 5.80. The molecule has 0 unspecified atom stereocenters. The molecule has 0 aromatic carbocycles. The molecule has 1 heterocycles. The third-order valence-corrected chi connectivity index (χ3v) is 2.20. The minimum atomic E-state index is 0.0875. The Hall–Kier alpha value is -1.25. The van der Waals surface area contributed by atoms with Gasteiger partial charge in [-0.2, -0.15) is 0 Å². The quantitative estimate of drug-likeness (QED) is 0.773. The third kappa shape index (κ3) is 2.91. The standard InChI is InChI=1S/C11H19N3/c1-4-6-11(2,3)14-10-5-7-13-8-9(10)12/h5,7-8H,4,6,12H2,1-3H3,(H,13,14). The molecule has 3 N–H and O–H groups in total. The lowest BCUT2D eigenvalue weighted by Crippen LogP contribution is -2.30. The highest BCUT2D eigenvalue weighted by molar-refractivity contribution is 5.65. The molecule has 3 nitrogen and oxygen atoms in total. The van der Waals surface area contributed by atoms with Crippen LogP contribution < -0.4 is 11.1 Å². The van der Waals surface area contributed by atoms with E-state index in [4.69, 9.17) is 5.73 Å². The molecule has 78 valence electrons.